The molecule has 0 aliphatic carbocycles. The number of rotatable bonds is 8. The maximum absolute atomic E-state index is 12.7. The monoisotopic (exact) mass is 436 g/mol. The van der Waals surface area contributed by atoms with Crippen molar-refractivity contribution in [2.75, 3.05) is 14.2 Å². The van der Waals surface area contributed by atoms with E-state index in [0.717, 1.165) is 5.56 Å². The van der Waals surface area contributed by atoms with Crippen LogP contribution in [0.5, 0.6) is 11.5 Å². The largest absolute Gasteiger partial charge is 0.493 e. The zero-order valence-electron chi connectivity index (χ0n) is 17.3. The Balaban J connectivity index is 1.79. The second-order valence-corrected chi connectivity index (χ2v) is 6.57. The molecular weight excluding hydrogens is 416 g/mol. The zero-order valence-corrected chi connectivity index (χ0v) is 17.3. The van der Waals surface area contributed by atoms with Crippen molar-refractivity contribution in [3.8, 4) is 11.5 Å². The van der Waals surface area contributed by atoms with Gasteiger partial charge in [0.05, 0.1) is 31.9 Å². The van der Waals surface area contributed by atoms with Crippen LogP contribution >= 0.6 is 0 Å². The SMILES string of the molecule is COc1cc(/C=N\NC(=O)c2cccn(Cc3ccccc3)c2=O)cc([N+](=O)[O-])c1OC. The number of hydrogen-bond acceptors (Lipinski definition) is 7. The van der Waals surface area contributed by atoms with Crippen molar-refractivity contribution in [2.45, 2.75) is 6.54 Å². The number of nitro benzene ring substituents is 1. The molecule has 1 aromatic heterocycles. The molecule has 164 valence electrons. The van der Waals surface area contributed by atoms with E-state index < -0.39 is 16.4 Å². The third-order valence-corrected chi connectivity index (χ3v) is 4.52. The van der Waals surface area contributed by atoms with Crippen molar-refractivity contribution < 1.29 is 19.2 Å². The van der Waals surface area contributed by atoms with Gasteiger partial charge in [0.1, 0.15) is 5.56 Å². The predicted octanol–water partition coefficient (Wildman–Crippen LogP) is 2.59. The van der Waals surface area contributed by atoms with E-state index in [4.69, 9.17) is 9.47 Å². The highest BCUT2D eigenvalue weighted by Crippen LogP contribution is 2.37. The number of hydrogen-bond donors (Lipinski definition) is 1. The number of methoxy groups -OCH3 is 2. The Morgan fingerprint density at radius 1 is 1.16 bits per heavy atom. The van der Waals surface area contributed by atoms with Gasteiger partial charge < -0.3 is 14.0 Å². The van der Waals surface area contributed by atoms with Gasteiger partial charge in [-0.15, -0.1) is 0 Å². The first-order chi connectivity index (χ1) is 15.4. The number of amides is 1. The molecule has 0 bridgehead atoms. The summed E-state index contributed by atoms with van der Waals surface area (Å²) in [4.78, 5) is 35.8. The van der Waals surface area contributed by atoms with Crippen molar-refractivity contribution in [1.82, 2.24) is 9.99 Å². The maximum Gasteiger partial charge on any atom is 0.315 e. The van der Waals surface area contributed by atoms with Gasteiger partial charge in [-0.25, -0.2) is 5.43 Å². The summed E-state index contributed by atoms with van der Waals surface area (Å²) < 4.78 is 11.6. The summed E-state index contributed by atoms with van der Waals surface area (Å²) in [6.07, 6.45) is 2.80. The first kappa shape index (κ1) is 22.2. The first-order valence-electron chi connectivity index (χ1n) is 9.41. The lowest BCUT2D eigenvalue weighted by molar-refractivity contribution is -0.385. The van der Waals surface area contributed by atoms with Gasteiger partial charge in [0.15, 0.2) is 5.75 Å². The Kier molecular flexibility index (Phi) is 6.96. The van der Waals surface area contributed by atoms with Gasteiger partial charge in [0.2, 0.25) is 5.75 Å². The fourth-order valence-corrected chi connectivity index (χ4v) is 3.02. The molecule has 0 fully saturated rings. The maximum atomic E-state index is 12.7. The fourth-order valence-electron chi connectivity index (χ4n) is 3.02. The highest BCUT2D eigenvalue weighted by molar-refractivity contribution is 5.94. The van der Waals surface area contributed by atoms with Crippen LogP contribution in [0.4, 0.5) is 5.69 Å². The molecule has 0 aliphatic heterocycles. The summed E-state index contributed by atoms with van der Waals surface area (Å²) in [7, 11) is 2.64. The summed E-state index contributed by atoms with van der Waals surface area (Å²) in [5.41, 5.74) is 2.62. The quantitative estimate of drug-likeness (QED) is 0.329. The average molecular weight is 436 g/mol. The first-order valence-corrected chi connectivity index (χ1v) is 9.41. The lowest BCUT2D eigenvalue weighted by Gasteiger charge is -2.09. The van der Waals surface area contributed by atoms with Crippen LogP contribution in [0.3, 0.4) is 0 Å². The van der Waals surface area contributed by atoms with E-state index in [9.17, 15) is 19.7 Å². The predicted molar refractivity (Wildman–Crippen MR) is 118 cm³/mol. The van der Waals surface area contributed by atoms with Gasteiger partial charge in [0.25, 0.3) is 11.5 Å². The Hall–Kier alpha value is -4.47. The molecule has 0 unspecified atom stereocenters. The molecule has 2 aromatic carbocycles. The molecule has 0 radical (unpaired) electrons. The molecule has 1 heterocycles. The Morgan fingerprint density at radius 2 is 1.91 bits per heavy atom. The number of nitro groups is 1. The van der Waals surface area contributed by atoms with Gasteiger partial charge in [-0.1, -0.05) is 30.3 Å². The average Bonchev–Trinajstić information content (AvgIpc) is 2.80. The number of pyridine rings is 1. The van der Waals surface area contributed by atoms with Crippen LogP contribution in [0, 0.1) is 10.1 Å². The van der Waals surface area contributed by atoms with Crippen LogP contribution in [0.1, 0.15) is 21.5 Å². The van der Waals surface area contributed by atoms with E-state index in [0.29, 0.717) is 12.1 Å². The standard InChI is InChI=1S/C22H20N4O6/c1-31-19-12-16(11-18(26(29)30)20(19)32-2)13-23-24-21(27)17-9-6-10-25(22(17)28)14-15-7-4-3-5-8-15/h3-13H,14H2,1-2H3,(H,24,27)/b23-13-. The van der Waals surface area contributed by atoms with Gasteiger partial charge in [0, 0.05) is 17.8 Å². The van der Waals surface area contributed by atoms with E-state index in [-0.39, 0.29) is 22.7 Å². The number of hydrazone groups is 1. The topological polar surface area (TPSA) is 125 Å². The number of nitrogens with one attached hydrogen (secondary N) is 1. The van der Waals surface area contributed by atoms with E-state index in [1.54, 1.807) is 12.3 Å². The summed E-state index contributed by atoms with van der Waals surface area (Å²) in [6, 6.07) is 15.1. The molecule has 0 spiro atoms. The molecule has 3 rings (SSSR count). The zero-order chi connectivity index (χ0) is 23.1. The molecule has 10 nitrogen and oxygen atoms in total. The molecule has 3 aromatic rings. The molecule has 0 atom stereocenters. The van der Waals surface area contributed by atoms with Crippen molar-refractivity contribution in [3.05, 3.63) is 98.0 Å². The molecule has 32 heavy (non-hydrogen) atoms. The molecule has 0 saturated carbocycles. The normalized spacial score (nSPS) is 10.7. The fraction of sp³-hybridized carbons (Fsp3) is 0.136. The Labute approximate surface area is 182 Å². The lowest BCUT2D eigenvalue weighted by Crippen LogP contribution is -2.30. The number of aromatic nitrogens is 1. The smallest absolute Gasteiger partial charge is 0.315 e. The van der Waals surface area contributed by atoms with E-state index in [1.807, 2.05) is 30.3 Å². The summed E-state index contributed by atoms with van der Waals surface area (Å²) in [5.74, 6) is -0.591. The van der Waals surface area contributed by atoms with Crippen LogP contribution < -0.4 is 20.5 Å². The number of carbonyl (C=O) groups is 1. The highest BCUT2D eigenvalue weighted by atomic mass is 16.6. The van der Waals surface area contributed by atoms with Gasteiger partial charge in [-0.05, 0) is 23.8 Å². The van der Waals surface area contributed by atoms with E-state index >= 15 is 0 Å². The minimum Gasteiger partial charge on any atom is -0.493 e. The lowest BCUT2D eigenvalue weighted by atomic mass is 10.2. The number of ether oxygens (including phenoxy) is 2. The van der Waals surface area contributed by atoms with Crippen LogP contribution in [-0.2, 0) is 6.54 Å². The van der Waals surface area contributed by atoms with E-state index in [2.05, 4.69) is 10.5 Å². The number of benzene rings is 2. The number of carbonyl (C=O) groups excluding carboxylic acids is 1. The third kappa shape index (κ3) is 4.98. The third-order valence-electron chi connectivity index (χ3n) is 4.52. The van der Waals surface area contributed by atoms with Crippen molar-refractivity contribution in [2.24, 2.45) is 5.10 Å². The van der Waals surface area contributed by atoms with Crippen LogP contribution in [0.15, 0.2) is 70.7 Å². The molecule has 1 amide bonds. The molecular formula is C22H20N4O6. The van der Waals surface area contributed by atoms with Crippen molar-refractivity contribution in [1.29, 1.82) is 0 Å². The molecule has 10 heteroatoms. The Bertz CT molecular complexity index is 1220. The summed E-state index contributed by atoms with van der Waals surface area (Å²) in [5, 5.41) is 15.1. The van der Waals surface area contributed by atoms with Gasteiger partial charge in [-0.2, -0.15) is 5.10 Å². The highest BCUT2D eigenvalue weighted by Gasteiger charge is 2.21. The molecule has 0 saturated heterocycles. The van der Waals surface area contributed by atoms with E-state index in [1.165, 1.54) is 43.2 Å². The van der Waals surface area contributed by atoms with Gasteiger partial charge >= 0.3 is 5.69 Å². The van der Waals surface area contributed by atoms with Gasteiger partial charge in [-0.3, -0.25) is 19.7 Å². The van der Waals surface area contributed by atoms with Crippen LogP contribution in [0.25, 0.3) is 0 Å². The summed E-state index contributed by atoms with van der Waals surface area (Å²) >= 11 is 0. The second-order valence-electron chi connectivity index (χ2n) is 6.57. The number of nitrogens with zero attached hydrogens (tertiary/aromatic N) is 3. The van der Waals surface area contributed by atoms with Crippen molar-refractivity contribution >= 4 is 17.8 Å². The molecule has 0 aliphatic rings. The summed E-state index contributed by atoms with van der Waals surface area (Å²) in [6.45, 7) is 0.319. The second kappa shape index (κ2) is 10.0. The molecule has 1 N–H and O–H groups in total. The minimum absolute atomic E-state index is 0.0260. The van der Waals surface area contributed by atoms with Crippen molar-refractivity contribution in [3.63, 3.8) is 0 Å². The Morgan fingerprint density at radius 3 is 2.56 bits per heavy atom. The van der Waals surface area contributed by atoms with Crippen LogP contribution in [0.2, 0.25) is 0 Å². The minimum atomic E-state index is -0.705. The van der Waals surface area contributed by atoms with Crippen LogP contribution in [-0.4, -0.2) is 35.8 Å².